The second kappa shape index (κ2) is 8.43. The number of tetrazole rings is 1. The van der Waals surface area contributed by atoms with Gasteiger partial charge in [0, 0.05) is 45.6 Å². The van der Waals surface area contributed by atoms with E-state index in [1.807, 2.05) is 34.3 Å². The molecule has 5 heterocycles. The maximum atomic E-state index is 13.3. The van der Waals surface area contributed by atoms with Crippen LogP contribution in [0.4, 0.5) is 0 Å². The first-order valence-electron chi connectivity index (χ1n) is 10.8. The molecule has 6 rings (SSSR count). The van der Waals surface area contributed by atoms with Crippen LogP contribution in [0.25, 0.3) is 22.4 Å². The van der Waals surface area contributed by atoms with Gasteiger partial charge in [0.15, 0.2) is 0 Å². The average Bonchev–Trinajstić information content (AvgIpc) is 3.64. The molecule has 8 nitrogen and oxygen atoms in total. The van der Waals surface area contributed by atoms with E-state index in [1.165, 1.54) is 6.33 Å². The summed E-state index contributed by atoms with van der Waals surface area (Å²) in [5.41, 5.74) is 6.45. The van der Waals surface area contributed by atoms with Crippen molar-refractivity contribution in [1.29, 1.82) is 0 Å². The molecule has 0 radical (unpaired) electrons. The van der Waals surface area contributed by atoms with Crippen LogP contribution < -0.4 is 5.56 Å². The molecule has 2 aliphatic rings. The first kappa shape index (κ1) is 21.2. The van der Waals surface area contributed by atoms with Gasteiger partial charge in [-0.2, -0.15) is 4.68 Å². The topological polar surface area (TPSA) is 98.2 Å². The number of pyridine rings is 1. The number of allylic oxidation sites excluding steroid dienone is 1. The summed E-state index contributed by atoms with van der Waals surface area (Å²) in [5, 5.41) is 23.4. The summed E-state index contributed by atoms with van der Waals surface area (Å²) in [6, 6.07) is 11.1. The average molecular weight is 491 g/mol. The number of hydrogen-bond acceptors (Lipinski definition) is 7. The summed E-state index contributed by atoms with van der Waals surface area (Å²) < 4.78 is 3.43. The minimum atomic E-state index is -0.0631. The van der Waals surface area contributed by atoms with Crippen LogP contribution in [0.3, 0.4) is 0 Å². The van der Waals surface area contributed by atoms with Gasteiger partial charge in [0.05, 0.1) is 18.3 Å². The molecule has 1 aromatic carbocycles. The van der Waals surface area contributed by atoms with Gasteiger partial charge in [-0.15, -0.1) is 16.4 Å². The Labute approximate surface area is 203 Å². The number of aryl methyl sites for hydroxylation is 1. The van der Waals surface area contributed by atoms with Crippen molar-refractivity contribution >= 4 is 34.2 Å². The zero-order valence-electron chi connectivity index (χ0n) is 17.9. The van der Waals surface area contributed by atoms with Crippen molar-refractivity contribution in [3.05, 3.63) is 85.8 Å². The molecule has 170 valence electrons. The molecule has 0 amide bonds. The number of aliphatic imine (C=N–C) groups is 1. The normalized spacial score (nSPS) is 17.1. The number of aliphatic hydroxyl groups excluding tert-OH is 1. The summed E-state index contributed by atoms with van der Waals surface area (Å²) >= 11 is 7.83. The van der Waals surface area contributed by atoms with Crippen molar-refractivity contribution in [3.63, 3.8) is 0 Å². The van der Waals surface area contributed by atoms with Gasteiger partial charge < -0.3 is 9.67 Å². The van der Waals surface area contributed by atoms with Crippen molar-refractivity contribution in [2.24, 2.45) is 4.99 Å². The van der Waals surface area contributed by atoms with Crippen molar-refractivity contribution in [1.82, 2.24) is 24.8 Å². The number of benzene rings is 1. The Morgan fingerprint density at radius 1 is 1.18 bits per heavy atom. The highest BCUT2D eigenvalue weighted by Gasteiger charge is 2.30. The predicted octanol–water partition coefficient (Wildman–Crippen LogP) is 4.07. The highest BCUT2D eigenvalue weighted by molar-refractivity contribution is 7.10. The highest BCUT2D eigenvalue weighted by atomic mass is 35.5. The maximum absolute atomic E-state index is 13.3. The smallest absolute Gasteiger partial charge is 0.251 e. The molecule has 1 N–H and O–H groups in total. The van der Waals surface area contributed by atoms with Crippen LogP contribution in [-0.2, 0) is 13.0 Å². The largest absolute Gasteiger partial charge is 0.391 e. The number of aromatic nitrogens is 5. The second-order valence-corrected chi connectivity index (χ2v) is 9.76. The number of halogens is 1. The minimum absolute atomic E-state index is 0.0428. The maximum Gasteiger partial charge on any atom is 0.251 e. The quantitative estimate of drug-likeness (QED) is 0.454. The Bertz CT molecular complexity index is 1520. The van der Waals surface area contributed by atoms with E-state index in [9.17, 15) is 9.90 Å². The van der Waals surface area contributed by atoms with Crippen molar-refractivity contribution in [2.75, 3.05) is 0 Å². The van der Waals surface area contributed by atoms with Gasteiger partial charge in [-0.3, -0.25) is 9.79 Å². The number of aliphatic hydroxyl groups is 1. The summed E-state index contributed by atoms with van der Waals surface area (Å²) in [5.74, 6) is 0. The molecule has 1 atom stereocenters. The van der Waals surface area contributed by atoms with E-state index in [0.717, 1.165) is 57.1 Å². The molecular formula is C24H19ClN6O2S. The van der Waals surface area contributed by atoms with Gasteiger partial charge >= 0.3 is 0 Å². The van der Waals surface area contributed by atoms with Crippen LogP contribution in [0.2, 0.25) is 5.02 Å². The van der Waals surface area contributed by atoms with Gasteiger partial charge in [0.25, 0.3) is 5.56 Å². The molecule has 0 saturated heterocycles. The van der Waals surface area contributed by atoms with Gasteiger partial charge in [0.1, 0.15) is 6.33 Å². The van der Waals surface area contributed by atoms with Crippen molar-refractivity contribution < 1.29 is 5.11 Å². The third kappa shape index (κ3) is 3.62. The Kier molecular flexibility index (Phi) is 5.24. The Morgan fingerprint density at radius 3 is 2.88 bits per heavy atom. The molecule has 0 fully saturated rings. The van der Waals surface area contributed by atoms with Crippen molar-refractivity contribution in [3.8, 4) is 16.8 Å². The second-order valence-electron chi connectivity index (χ2n) is 8.33. The third-order valence-corrected chi connectivity index (χ3v) is 7.48. The fourth-order valence-electron chi connectivity index (χ4n) is 4.74. The molecule has 10 heteroatoms. The van der Waals surface area contributed by atoms with E-state index in [4.69, 9.17) is 11.6 Å². The van der Waals surface area contributed by atoms with Gasteiger partial charge in [-0.25, -0.2) is 0 Å². The lowest BCUT2D eigenvalue weighted by Gasteiger charge is -2.17. The van der Waals surface area contributed by atoms with E-state index >= 15 is 0 Å². The van der Waals surface area contributed by atoms with Crippen LogP contribution in [0.1, 0.15) is 35.0 Å². The Hall–Kier alpha value is -3.40. The van der Waals surface area contributed by atoms with E-state index < -0.39 is 0 Å². The van der Waals surface area contributed by atoms with Crippen molar-refractivity contribution in [2.45, 2.75) is 31.9 Å². The van der Waals surface area contributed by atoms with E-state index in [-0.39, 0.29) is 18.2 Å². The number of rotatable bonds is 5. The predicted molar refractivity (Wildman–Crippen MR) is 131 cm³/mol. The number of fused-ring (bicyclic) bond motifs is 1. The number of hydrogen-bond donors (Lipinski definition) is 1. The fourth-order valence-corrected chi connectivity index (χ4v) is 5.68. The standard InChI is InChI=1S/C24H19ClN6O2S/c25-17-1-3-22(30-13-27-28-29-30)20(9-17)14-5-18-2-4-23(31(18)24(33)8-14)21-7-15(10-26-21)16-6-19(11-32)34-12-16/h1,3,5-6,8-10,12-13,23,32H,2,4,7,11H2/t23-/m0/s1. The molecule has 0 aliphatic carbocycles. The number of thiophene rings is 1. The first-order valence-corrected chi connectivity index (χ1v) is 12.1. The summed E-state index contributed by atoms with van der Waals surface area (Å²) in [7, 11) is 0. The molecule has 4 aromatic rings. The molecule has 0 bridgehead atoms. The molecular weight excluding hydrogens is 472 g/mol. The monoisotopic (exact) mass is 490 g/mol. The first-order chi connectivity index (χ1) is 16.6. The third-order valence-electron chi connectivity index (χ3n) is 6.32. The molecule has 0 spiro atoms. The van der Waals surface area contributed by atoms with Gasteiger partial charge in [-0.05, 0) is 75.7 Å². The van der Waals surface area contributed by atoms with Gasteiger partial charge in [-0.1, -0.05) is 11.6 Å². The van der Waals surface area contributed by atoms with Crippen LogP contribution in [0.15, 0.2) is 64.1 Å². The van der Waals surface area contributed by atoms with Crippen LogP contribution in [0, 0.1) is 0 Å². The molecule has 3 aromatic heterocycles. The Morgan fingerprint density at radius 2 is 2.09 bits per heavy atom. The number of nitrogens with zero attached hydrogens (tertiary/aromatic N) is 6. The summed E-state index contributed by atoms with van der Waals surface area (Å²) in [4.78, 5) is 19.0. The lowest BCUT2D eigenvalue weighted by molar-refractivity contribution is 0.285. The zero-order valence-corrected chi connectivity index (χ0v) is 19.5. The molecule has 34 heavy (non-hydrogen) atoms. The molecule has 0 unspecified atom stereocenters. The lowest BCUT2D eigenvalue weighted by atomic mass is 10.0. The Balaban J connectivity index is 1.32. The lowest BCUT2D eigenvalue weighted by Crippen LogP contribution is -2.27. The highest BCUT2D eigenvalue weighted by Crippen LogP contribution is 2.36. The molecule has 2 aliphatic heterocycles. The fraction of sp³-hybridized carbons (Fsp3) is 0.208. The van der Waals surface area contributed by atoms with Crippen LogP contribution in [0.5, 0.6) is 0 Å². The molecule has 0 saturated carbocycles. The van der Waals surface area contributed by atoms with E-state index in [1.54, 1.807) is 28.2 Å². The van der Waals surface area contributed by atoms with Crippen LogP contribution in [-0.4, -0.2) is 35.6 Å². The van der Waals surface area contributed by atoms with E-state index in [2.05, 4.69) is 26.6 Å². The van der Waals surface area contributed by atoms with Gasteiger partial charge in [0.2, 0.25) is 0 Å². The summed E-state index contributed by atoms with van der Waals surface area (Å²) in [6.45, 7) is 0.0428. The van der Waals surface area contributed by atoms with Crippen LogP contribution >= 0.6 is 22.9 Å². The zero-order chi connectivity index (χ0) is 23.2. The summed E-state index contributed by atoms with van der Waals surface area (Å²) in [6.07, 6.45) is 5.73. The minimum Gasteiger partial charge on any atom is -0.391 e. The SMILES string of the molecule is O=c1cc(-c2cc(Cl)ccc2-n2cnnn2)cc2n1[C@H](C1=NC=C(c3csc(CO)c3)C1)CC2. The van der Waals surface area contributed by atoms with E-state index in [0.29, 0.717) is 11.4 Å².